The summed E-state index contributed by atoms with van der Waals surface area (Å²) in [6.45, 7) is -0.552. The molecule has 0 fully saturated rings. The van der Waals surface area contributed by atoms with Gasteiger partial charge in [0.1, 0.15) is 5.75 Å². The van der Waals surface area contributed by atoms with Crippen LogP contribution >= 0.6 is 11.8 Å². The Kier molecular flexibility index (Phi) is 7.34. The molecule has 0 aliphatic carbocycles. The van der Waals surface area contributed by atoms with Crippen molar-refractivity contribution >= 4 is 23.7 Å². The van der Waals surface area contributed by atoms with Crippen LogP contribution in [0.3, 0.4) is 0 Å². The number of hydrogen-bond donors (Lipinski definition) is 3. The first kappa shape index (κ1) is 20.4. The van der Waals surface area contributed by atoms with E-state index in [2.05, 4.69) is 25.6 Å². The number of thioether (sulfide) groups is 1. The molecule has 27 heavy (non-hydrogen) atoms. The number of aromatic nitrogens is 3. The van der Waals surface area contributed by atoms with Gasteiger partial charge in [-0.1, -0.05) is 18.7 Å². The van der Waals surface area contributed by atoms with Crippen LogP contribution in [0.2, 0.25) is 0 Å². The Morgan fingerprint density at radius 3 is 2.63 bits per heavy atom. The lowest BCUT2D eigenvalue weighted by molar-refractivity contribution is -0.117. The number of benzene rings is 1. The van der Waals surface area contributed by atoms with Crippen molar-refractivity contribution in [2.75, 3.05) is 18.1 Å². The Balaban J connectivity index is 1.94. The van der Waals surface area contributed by atoms with Crippen LogP contribution in [0.1, 0.15) is 13.3 Å². The van der Waals surface area contributed by atoms with E-state index in [1.807, 2.05) is 6.92 Å². The van der Waals surface area contributed by atoms with Crippen LogP contribution in [0.15, 0.2) is 29.4 Å². The van der Waals surface area contributed by atoms with E-state index in [1.54, 1.807) is 0 Å². The maximum Gasteiger partial charge on any atom is 0.387 e. The molecule has 1 heterocycles. The van der Waals surface area contributed by atoms with Gasteiger partial charge in [0, 0.05) is 12.1 Å². The molecule has 0 aliphatic rings. The molecule has 0 spiro atoms. The molecular formula is C15H18F2N6O3S. The molecule has 3 amide bonds. The van der Waals surface area contributed by atoms with Gasteiger partial charge in [-0.3, -0.25) is 10.1 Å². The molecule has 0 bridgehead atoms. The minimum absolute atomic E-state index is 0.00413. The van der Waals surface area contributed by atoms with Crippen molar-refractivity contribution in [1.82, 2.24) is 25.5 Å². The molecule has 2 aromatic rings. The van der Waals surface area contributed by atoms with Gasteiger partial charge < -0.3 is 15.9 Å². The number of carbonyl (C=O) groups is 2. The predicted octanol–water partition coefficient (Wildman–Crippen LogP) is 1.59. The van der Waals surface area contributed by atoms with Gasteiger partial charge in [0.2, 0.25) is 11.1 Å². The molecule has 9 nitrogen and oxygen atoms in total. The summed E-state index contributed by atoms with van der Waals surface area (Å²) in [5, 5.41) is 12.8. The van der Waals surface area contributed by atoms with Crippen LogP contribution in [0.4, 0.5) is 13.6 Å². The Labute approximate surface area is 157 Å². The average Bonchev–Trinajstić information content (AvgIpc) is 2.99. The zero-order valence-electron chi connectivity index (χ0n) is 14.3. The lowest BCUT2D eigenvalue weighted by Gasteiger charge is -2.07. The van der Waals surface area contributed by atoms with Crippen LogP contribution < -0.4 is 21.2 Å². The number of nitrogens with one attached hydrogen (secondary N) is 2. The highest BCUT2D eigenvalue weighted by molar-refractivity contribution is 7.99. The third-order valence-corrected chi connectivity index (χ3v) is 4.07. The molecular weight excluding hydrogens is 382 g/mol. The highest BCUT2D eigenvalue weighted by atomic mass is 32.2. The molecule has 1 aromatic carbocycles. The van der Waals surface area contributed by atoms with Crippen LogP contribution in [0.5, 0.6) is 5.75 Å². The highest BCUT2D eigenvalue weighted by Crippen LogP contribution is 2.24. The lowest BCUT2D eigenvalue weighted by Crippen LogP contribution is -2.40. The topological polar surface area (TPSA) is 124 Å². The van der Waals surface area contributed by atoms with E-state index in [1.165, 1.54) is 24.3 Å². The number of imide groups is 1. The van der Waals surface area contributed by atoms with E-state index in [0.717, 1.165) is 22.9 Å². The molecule has 12 heteroatoms. The Morgan fingerprint density at radius 1 is 1.30 bits per heavy atom. The van der Waals surface area contributed by atoms with E-state index < -0.39 is 18.5 Å². The van der Waals surface area contributed by atoms with Crippen molar-refractivity contribution in [2.45, 2.75) is 25.1 Å². The lowest BCUT2D eigenvalue weighted by atomic mass is 10.2. The summed E-state index contributed by atoms with van der Waals surface area (Å²) in [7, 11) is 0. The van der Waals surface area contributed by atoms with Crippen molar-refractivity contribution in [1.29, 1.82) is 0 Å². The van der Waals surface area contributed by atoms with Gasteiger partial charge in [-0.25, -0.2) is 9.47 Å². The van der Waals surface area contributed by atoms with E-state index in [-0.39, 0.29) is 22.5 Å². The Bertz CT molecular complexity index is 784. The number of amides is 3. The fourth-order valence-electron chi connectivity index (χ4n) is 1.93. The Morgan fingerprint density at radius 2 is 2.00 bits per heavy atom. The number of nitrogens with zero attached hydrogens (tertiary/aromatic N) is 3. The zero-order valence-corrected chi connectivity index (χ0v) is 15.1. The summed E-state index contributed by atoms with van der Waals surface area (Å²) in [6.07, 6.45) is 0.755. The number of alkyl halides is 2. The molecule has 0 radical (unpaired) electrons. The quantitative estimate of drug-likeness (QED) is 0.454. The molecule has 4 N–H and O–H groups in total. The minimum atomic E-state index is -2.91. The van der Waals surface area contributed by atoms with E-state index in [9.17, 15) is 18.4 Å². The number of urea groups is 1. The minimum Gasteiger partial charge on any atom is -0.435 e. The fraction of sp³-hybridized carbons (Fsp3) is 0.333. The second-order valence-electron chi connectivity index (χ2n) is 5.17. The molecule has 0 unspecified atom stereocenters. The largest absolute Gasteiger partial charge is 0.435 e. The van der Waals surface area contributed by atoms with Gasteiger partial charge in [0.15, 0.2) is 5.82 Å². The second-order valence-corrected chi connectivity index (χ2v) is 6.11. The van der Waals surface area contributed by atoms with Gasteiger partial charge in [-0.05, 0) is 30.7 Å². The van der Waals surface area contributed by atoms with E-state index in [4.69, 9.17) is 5.84 Å². The van der Waals surface area contributed by atoms with Gasteiger partial charge in [0.05, 0.1) is 5.75 Å². The molecule has 146 valence electrons. The van der Waals surface area contributed by atoms with E-state index in [0.29, 0.717) is 12.1 Å². The summed E-state index contributed by atoms with van der Waals surface area (Å²) in [6, 6.07) is 5.15. The molecule has 0 saturated heterocycles. The highest BCUT2D eigenvalue weighted by Gasteiger charge is 2.15. The third kappa shape index (κ3) is 6.09. The first-order chi connectivity index (χ1) is 12.9. The predicted molar refractivity (Wildman–Crippen MR) is 94.8 cm³/mol. The van der Waals surface area contributed by atoms with Gasteiger partial charge in [0.25, 0.3) is 0 Å². The normalized spacial score (nSPS) is 10.7. The van der Waals surface area contributed by atoms with Gasteiger partial charge in [-0.15, -0.1) is 10.2 Å². The van der Waals surface area contributed by atoms with Crippen molar-refractivity contribution in [3.63, 3.8) is 0 Å². The number of halogens is 2. The number of nitrogens with two attached hydrogens (primary N) is 1. The first-order valence-electron chi connectivity index (χ1n) is 7.87. The fourth-order valence-corrected chi connectivity index (χ4v) is 2.59. The van der Waals surface area contributed by atoms with Crippen molar-refractivity contribution in [3.05, 3.63) is 24.3 Å². The first-order valence-corrected chi connectivity index (χ1v) is 8.85. The summed E-state index contributed by atoms with van der Waals surface area (Å²) in [5.41, 5.74) is 0.530. The second kappa shape index (κ2) is 9.71. The summed E-state index contributed by atoms with van der Waals surface area (Å²) in [4.78, 5) is 23.1. The number of nitrogen functional groups attached to an aromatic ring is 1. The maximum absolute atomic E-state index is 12.2. The Hall–Kier alpha value is -2.89. The summed E-state index contributed by atoms with van der Waals surface area (Å²) < 4.78 is 29.8. The van der Waals surface area contributed by atoms with Gasteiger partial charge in [-0.2, -0.15) is 8.78 Å². The van der Waals surface area contributed by atoms with Crippen molar-refractivity contribution in [3.8, 4) is 17.1 Å². The number of ether oxygens (including phenoxy) is 1. The van der Waals surface area contributed by atoms with Crippen molar-refractivity contribution in [2.24, 2.45) is 0 Å². The summed E-state index contributed by atoms with van der Waals surface area (Å²) >= 11 is 0.996. The SMILES string of the molecule is CCCNC(=O)NC(=O)CSc1nnc(-c2ccc(OC(F)F)cc2)n1N. The number of rotatable bonds is 8. The zero-order chi connectivity index (χ0) is 19.8. The summed E-state index contributed by atoms with van der Waals surface area (Å²) in [5.74, 6) is 5.60. The van der Waals surface area contributed by atoms with Gasteiger partial charge >= 0.3 is 12.6 Å². The third-order valence-electron chi connectivity index (χ3n) is 3.12. The van der Waals surface area contributed by atoms with Crippen LogP contribution in [-0.2, 0) is 4.79 Å². The molecule has 2 rings (SSSR count). The number of carbonyl (C=O) groups excluding carboxylic acids is 2. The van der Waals surface area contributed by atoms with Crippen LogP contribution in [0, 0.1) is 0 Å². The van der Waals surface area contributed by atoms with E-state index >= 15 is 0 Å². The molecule has 0 aliphatic heterocycles. The smallest absolute Gasteiger partial charge is 0.387 e. The molecule has 0 atom stereocenters. The molecule has 1 aromatic heterocycles. The monoisotopic (exact) mass is 400 g/mol. The maximum atomic E-state index is 12.2. The van der Waals surface area contributed by atoms with Crippen molar-refractivity contribution < 1.29 is 23.1 Å². The van der Waals surface area contributed by atoms with Crippen LogP contribution in [0.25, 0.3) is 11.4 Å². The number of hydrogen-bond acceptors (Lipinski definition) is 7. The molecule has 0 saturated carbocycles. The van der Waals surface area contributed by atoms with Crippen LogP contribution in [-0.4, -0.2) is 45.7 Å². The average molecular weight is 400 g/mol. The standard InChI is InChI=1S/C15H18F2N6O3S/c1-2-7-19-14(25)20-11(24)8-27-15-22-21-12(23(15)18)9-3-5-10(6-4-9)26-13(16)17/h3-6,13H,2,7-8,18H2,1H3,(H2,19,20,24,25).